The Bertz CT molecular complexity index is 725. The van der Waals surface area contributed by atoms with Gasteiger partial charge in [0.25, 0.3) is 0 Å². The van der Waals surface area contributed by atoms with Gasteiger partial charge in [-0.15, -0.1) is 0 Å². The van der Waals surface area contributed by atoms with Crippen LogP contribution >= 0.6 is 0 Å². The lowest BCUT2D eigenvalue weighted by molar-refractivity contribution is -0.116. The Labute approximate surface area is 131 Å². The average Bonchev–Trinajstić information content (AvgIpc) is 3.09. The largest absolute Gasteiger partial charge is 0.361 e. The van der Waals surface area contributed by atoms with Crippen molar-refractivity contribution in [3.8, 4) is 0 Å². The van der Waals surface area contributed by atoms with Crippen molar-refractivity contribution >= 4 is 22.5 Å². The Morgan fingerprint density at radius 1 is 1.23 bits per heavy atom. The molecule has 3 heterocycles. The van der Waals surface area contributed by atoms with E-state index in [2.05, 4.69) is 35.3 Å². The van der Waals surface area contributed by atoms with Crippen molar-refractivity contribution in [3.63, 3.8) is 0 Å². The van der Waals surface area contributed by atoms with E-state index in [0.717, 1.165) is 18.7 Å². The van der Waals surface area contributed by atoms with E-state index >= 15 is 0 Å². The van der Waals surface area contributed by atoms with Crippen molar-refractivity contribution in [2.24, 2.45) is 0 Å². The SMILES string of the molecule is CC(=O)N1CCc2cc3[nH]cc(C4CCN(C)CC4)c3cc21. The van der Waals surface area contributed by atoms with Crippen molar-refractivity contribution in [2.45, 2.75) is 32.1 Å². The van der Waals surface area contributed by atoms with Crippen LogP contribution in [0.15, 0.2) is 18.3 Å². The van der Waals surface area contributed by atoms with Crippen LogP contribution in [0.1, 0.15) is 36.8 Å². The number of aromatic nitrogens is 1. The number of rotatable bonds is 1. The first kappa shape index (κ1) is 13.8. The normalized spacial score (nSPS) is 19.8. The fourth-order valence-corrected chi connectivity index (χ4v) is 4.01. The van der Waals surface area contributed by atoms with Gasteiger partial charge in [-0.05, 0) is 68.6 Å². The summed E-state index contributed by atoms with van der Waals surface area (Å²) in [6.07, 6.45) is 5.59. The number of anilines is 1. The van der Waals surface area contributed by atoms with E-state index in [1.165, 1.54) is 48.0 Å². The summed E-state index contributed by atoms with van der Waals surface area (Å²) in [6.45, 7) is 4.82. The first-order valence-corrected chi connectivity index (χ1v) is 8.24. The van der Waals surface area contributed by atoms with E-state index in [0.29, 0.717) is 5.92 Å². The van der Waals surface area contributed by atoms with Gasteiger partial charge < -0.3 is 14.8 Å². The molecule has 0 unspecified atom stereocenters. The van der Waals surface area contributed by atoms with E-state index in [9.17, 15) is 4.79 Å². The number of likely N-dealkylation sites (tertiary alicyclic amines) is 1. The van der Waals surface area contributed by atoms with E-state index in [1.807, 2.05) is 4.90 Å². The molecule has 0 bridgehead atoms. The van der Waals surface area contributed by atoms with E-state index in [1.54, 1.807) is 6.92 Å². The summed E-state index contributed by atoms with van der Waals surface area (Å²) < 4.78 is 0. The van der Waals surface area contributed by atoms with Gasteiger partial charge in [-0.1, -0.05) is 0 Å². The third-order valence-corrected chi connectivity index (χ3v) is 5.35. The number of hydrogen-bond acceptors (Lipinski definition) is 2. The Balaban J connectivity index is 1.75. The molecule has 1 saturated heterocycles. The number of piperidine rings is 1. The summed E-state index contributed by atoms with van der Waals surface area (Å²) in [5.41, 5.74) is 5.06. The topological polar surface area (TPSA) is 39.3 Å². The molecule has 4 heteroatoms. The predicted molar refractivity (Wildman–Crippen MR) is 89.5 cm³/mol. The van der Waals surface area contributed by atoms with Gasteiger partial charge in [-0.2, -0.15) is 0 Å². The Morgan fingerprint density at radius 3 is 2.73 bits per heavy atom. The summed E-state index contributed by atoms with van der Waals surface area (Å²) in [6, 6.07) is 4.48. The number of carbonyl (C=O) groups excluding carboxylic acids is 1. The molecule has 1 amide bonds. The summed E-state index contributed by atoms with van der Waals surface area (Å²) >= 11 is 0. The second-order valence-corrected chi connectivity index (χ2v) is 6.77. The minimum Gasteiger partial charge on any atom is -0.361 e. The van der Waals surface area contributed by atoms with Gasteiger partial charge in [0.1, 0.15) is 0 Å². The minimum absolute atomic E-state index is 0.148. The van der Waals surface area contributed by atoms with Gasteiger partial charge in [0.15, 0.2) is 0 Å². The van der Waals surface area contributed by atoms with E-state index in [-0.39, 0.29) is 5.91 Å². The van der Waals surface area contributed by atoms with Crippen LogP contribution in [-0.4, -0.2) is 42.5 Å². The molecule has 0 aliphatic carbocycles. The number of aromatic amines is 1. The van der Waals surface area contributed by atoms with Crippen molar-refractivity contribution in [2.75, 3.05) is 31.6 Å². The molecule has 2 aromatic rings. The number of carbonyl (C=O) groups is 1. The maximum atomic E-state index is 11.8. The lowest BCUT2D eigenvalue weighted by Gasteiger charge is -2.28. The zero-order chi connectivity index (χ0) is 15.3. The molecule has 2 aliphatic rings. The number of hydrogen-bond donors (Lipinski definition) is 1. The molecule has 22 heavy (non-hydrogen) atoms. The zero-order valence-electron chi connectivity index (χ0n) is 13.4. The zero-order valence-corrected chi connectivity index (χ0v) is 13.4. The van der Waals surface area contributed by atoms with Crippen LogP contribution in [0, 0.1) is 0 Å². The van der Waals surface area contributed by atoms with E-state index in [4.69, 9.17) is 0 Å². The van der Waals surface area contributed by atoms with E-state index < -0.39 is 0 Å². The van der Waals surface area contributed by atoms with Crippen LogP contribution in [0.5, 0.6) is 0 Å². The second-order valence-electron chi connectivity index (χ2n) is 6.77. The van der Waals surface area contributed by atoms with Gasteiger partial charge in [0.2, 0.25) is 5.91 Å². The Kier molecular flexibility index (Phi) is 3.22. The molecular formula is C18H23N3O. The van der Waals surface area contributed by atoms with Crippen molar-refractivity contribution < 1.29 is 4.79 Å². The molecular weight excluding hydrogens is 274 g/mol. The molecule has 0 saturated carbocycles. The fraction of sp³-hybridized carbons (Fsp3) is 0.500. The van der Waals surface area contributed by atoms with Crippen molar-refractivity contribution in [1.82, 2.24) is 9.88 Å². The number of nitrogens with zero attached hydrogens (tertiary/aromatic N) is 2. The quantitative estimate of drug-likeness (QED) is 0.879. The highest BCUT2D eigenvalue weighted by Crippen LogP contribution is 2.38. The average molecular weight is 297 g/mol. The van der Waals surface area contributed by atoms with Crippen LogP contribution in [0.4, 0.5) is 5.69 Å². The summed E-state index contributed by atoms with van der Waals surface area (Å²) in [7, 11) is 2.20. The third kappa shape index (κ3) is 2.13. The number of amides is 1. The van der Waals surface area contributed by atoms with Crippen LogP contribution < -0.4 is 4.90 Å². The molecule has 1 N–H and O–H groups in total. The van der Waals surface area contributed by atoms with Gasteiger partial charge in [0, 0.05) is 36.3 Å². The van der Waals surface area contributed by atoms with Gasteiger partial charge in [-0.25, -0.2) is 0 Å². The first-order valence-electron chi connectivity index (χ1n) is 8.24. The van der Waals surface area contributed by atoms with Crippen molar-refractivity contribution in [1.29, 1.82) is 0 Å². The van der Waals surface area contributed by atoms with Crippen LogP contribution in [-0.2, 0) is 11.2 Å². The minimum atomic E-state index is 0.148. The van der Waals surface area contributed by atoms with Gasteiger partial charge in [0.05, 0.1) is 0 Å². The maximum Gasteiger partial charge on any atom is 0.223 e. The number of H-pyrrole nitrogens is 1. The summed E-state index contributed by atoms with van der Waals surface area (Å²) in [5.74, 6) is 0.782. The lowest BCUT2D eigenvalue weighted by atomic mass is 9.89. The standard InChI is InChI=1S/C18H23N3O/c1-12(22)21-8-5-14-9-17-15(10-18(14)21)16(11-19-17)13-3-6-20(2)7-4-13/h9-11,13,19H,3-8H2,1-2H3. The predicted octanol–water partition coefficient (Wildman–Crippen LogP) is 2.89. The van der Waals surface area contributed by atoms with Crippen LogP contribution in [0.2, 0.25) is 0 Å². The molecule has 116 valence electrons. The molecule has 2 aliphatic heterocycles. The van der Waals surface area contributed by atoms with Gasteiger partial charge >= 0.3 is 0 Å². The molecule has 1 aromatic carbocycles. The maximum absolute atomic E-state index is 11.8. The molecule has 1 aromatic heterocycles. The van der Waals surface area contributed by atoms with Crippen LogP contribution in [0.25, 0.3) is 10.9 Å². The number of nitrogens with one attached hydrogen (secondary N) is 1. The highest BCUT2D eigenvalue weighted by Gasteiger charge is 2.26. The fourth-order valence-electron chi connectivity index (χ4n) is 4.01. The lowest BCUT2D eigenvalue weighted by Crippen LogP contribution is -2.29. The summed E-state index contributed by atoms with van der Waals surface area (Å²) in [5, 5.41) is 1.31. The second kappa shape index (κ2) is 5.13. The Morgan fingerprint density at radius 2 is 2.00 bits per heavy atom. The smallest absolute Gasteiger partial charge is 0.223 e. The monoisotopic (exact) mass is 297 g/mol. The summed E-state index contributed by atoms with van der Waals surface area (Å²) in [4.78, 5) is 19.6. The highest BCUT2D eigenvalue weighted by molar-refractivity contribution is 5.98. The number of benzene rings is 1. The van der Waals surface area contributed by atoms with Crippen LogP contribution in [0.3, 0.4) is 0 Å². The molecule has 0 spiro atoms. The molecule has 4 nitrogen and oxygen atoms in total. The highest BCUT2D eigenvalue weighted by atomic mass is 16.2. The first-order chi connectivity index (χ1) is 10.6. The third-order valence-electron chi connectivity index (χ3n) is 5.35. The van der Waals surface area contributed by atoms with Gasteiger partial charge in [-0.3, -0.25) is 4.79 Å². The molecule has 4 rings (SSSR count). The molecule has 0 radical (unpaired) electrons. The van der Waals surface area contributed by atoms with Crippen molar-refractivity contribution in [3.05, 3.63) is 29.5 Å². The number of fused-ring (bicyclic) bond motifs is 2. The molecule has 1 fully saturated rings. The Hall–Kier alpha value is -1.81. The molecule has 0 atom stereocenters.